The smallest absolute Gasteiger partial charge is 0.126 e. The zero-order chi connectivity index (χ0) is 39.2. The molecule has 4 atom stereocenters. The molecule has 0 radical (unpaired) electrons. The molecule has 0 N–H and O–H groups in total. The van der Waals surface area contributed by atoms with E-state index >= 15 is 4.39 Å². The molecule has 0 heterocycles. The van der Waals surface area contributed by atoms with E-state index in [9.17, 15) is 0 Å². The molecular weight excluding hydrogens is 761 g/mol. The van der Waals surface area contributed by atoms with Gasteiger partial charge in [-0.1, -0.05) is 160 Å². The van der Waals surface area contributed by atoms with Gasteiger partial charge in [-0.2, -0.15) is 0 Å². The zero-order valence-electron chi connectivity index (χ0n) is 32.2. The molecule has 55 heavy (non-hydrogen) atoms. The highest BCUT2D eigenvalue weighted by atomic mass is 35.5. The van der Waals surface area contributed by atoms with Crippen molar-refractivity contribution in [1.29, 1.82) is 0 Å². The lowest BCUT2D eigenvalue weighted by atomic mass is 9.76. The summed E-state index contributed by atoms with van der Waals surface area (Å²) in [5.41, 5.74) is 10.2. The van der Waals surface area contributed by atoms with E-state index in [-0.39, 0.29) is 35.4 Å². The molecule has 6 aromatic carbocycles. The third-order valence-electron chi connectivity index (χ3n) is 11.1. The Morgan fingerprint density at radius 1 is 0.455 bits per heavy atom. The molecular formula is C50H49Cl4F. The van der Waals surface area contributed by atoms with E-state index in [0.717, 1.165) is 40.7 Å². The fourth-order valence-corrected chi connectivity index (χ4v) is 9.41. The van der Waals surface area contributed by atoms with Crippen molar-refractivity contribution in [2.75, 3.05) is 0 Å². The van der Waals surface area contributed by atoms with Crippen LogP contribution in [0.4, 0.5) is 4.39 Å². The number of hydrogen-bond acceptors (Lipinski definition) is 0. The van der Waals surface area contributed by atoms with Crippen molar-refractivity contribution < 1.29 is 4.39 Å². The standard InChI is InChI=1S/C50H49Cl4F/c1-6-35-10-7-8-13-46(35)48(31(2)3)39-18-23-47(55)40(28-39)25-33(5)50(38-11-9-12-44(53)29-38)41-26-34(27-45(54)30-41)24-32(4)49(36-14-19-42(51)20-15-36)37-16-21-43(52)22-17-37/h7-23,26-33,48-50H,6,24-25H2,1-5H3. The highest BCUT2D eigenvalue weighted by Crippen LogP contribution is 2.41. The summed E-state index contributed by atoms with van der Waals surface area (Å²) in [6.07, 6.45) is 2.28. The number of benzene rings is 6. The van der Waals surface area contributed by atoms with Crippen LogP contribution in [0.3, 0.4) is 0 Å². The molecule has 0 spiro atoms. The van der Waals surface area contributed by atoms with Crippen LogP contribution in [0.25, 0.3) is 0 Å². The largest absolute Gasteiger partial charge is 0.207 e. The first-order chi connectivity index (χ1) is 26.4. The number of hydrogen-bond donors (Lipinski definition) is 0. The Bertz CT molecular complexity index is 2140. The van der Waals surface area contributed by atoms with Gasteiger partial charge in [-0.3, -0.25) is 0 Å². The average molecular weight is 811 g/mol. The Labute approximate surface area is 347 Å². The average Bonchev–Trinajstić information content (AvgIpc) is 3.14. The Hall–Kier alpha value is -3.59. The van der Waals surface area contributed by atoms with Gasteiger partial charge in [-0.25, -0.2) is 4.39 Å². The van der Waals surface area contributed by atoms with Gasteiger partial charge in [-0.05, 0) is 142 Å². The van der Waals surface area contributed by atoms with Crippen molar-refractivity contribution in [3.05, 3.63) is 209 Å². The van der Waals surface area contributed by atoms with E-state index in [1.54, 1.807) is 6.07 Å². The maximum Gasteiger partial charge on any atom is 0.126 e. The van der Waals surface area contributed by atoms with Crippen molar-refractivity contribution in [3.8, 4) is 0 Å². The monoisotopic (exact) mass is 808 g/mol. The molecule has 0 nitrogen and oxygen atoms in total. The molecule has 0 aliphatic carbocycles. The van der Waals surface area contributed by atoms with E-state index in [0.29, 0.717) is 32.4 Å². The molecule has 0 amide bonds. The van der Waals surface area contributed by atoms with Crippen LogP contribution in [0.1, 0.15) is 102 Å². The van der Waals surface area contributed by atoms with Crippen LogP contribution in [0.2, 0.25) is 20.1 Å². The lowest BCUT2D eigenvalue weighted by Crippen LogP contribution is -2.17. The van der Waals surface area contributed by atoms with Crippen molar-refractivity contribution in [1.82, 2.24) is 0 Å². The van der Waals surface area contributed by atoms with Gasteiger partial charge in [0.1, 0.15) is 5.82 Å². The molecule has 0 saturated carbocycles. The second kappa shape index (κ2) is 18.6. The summed E-state index contributed by atoms with van der Waals surface area (Å²) >= 11 is 26.2. The van der Waals surface area contributed by atoms with Gasteiger partial charge in [0.05, 0.1) is 0 Å². The number of rotatable bonds is 14. The van der Waals surface area contributed by atoms with Crippen molar-refractivity contribution in [3.63, 3.8) is 0 Å². The highest BCUT2D eigenvalue weighted by molar-refractivity contribution is 6.31. The van der Waals surface area contributed by atoms with Gasteiger partial charge in [0.2, 0.25) is 0 Å². The quantitative estimate of drug-likeness (QED) is 0.103. The fourth-order valence-electron chi connectivity index (χ4n) is 8.69. The zero-order valence-corrected chi connectivity index (χ0v) is 35.2. The topological polar surface area (TPSA) is 0 Å². The molecule has 6 aromatic rings. The summed E-state index contributed by atoms with van der Waals surface area (Å²) in [7, 11) is 0. The van der Waals surface area contributed by atoms with Crippen LogP contribution in [0.15, 0.2) is 133 Å². The Kier molecular flexibility index (Phi) is 13.9. The molecule has 4 unspecified atom stereocenters. The van der Waals surface area contributed by atoms with Crippen molar-refractivity contribution in [2.45, 2.75) is 71.6 Å². The van der Waals surface area contributed by atoms with E-state index in [1.165, 1.54) is 22.3 Å². The predicted octanol–water partition coefficient (Wildman–Crippen LogP) is 15.8. The van der Waals surface area contributed by atoms with E-state index in [4.69, 9.17) is 46.4 Å². The van der Waals surface area contributed by atoms with Crippen LogP contribution in [0, 0.1) is 23.6 Å². The minimum Gasteiger partial charge on any atom is -0.207 e. The van der Waals surface area contributed by atoms with Crippen LogP contribution in [-0.4, -0.2) is 0 Å². The second-order valence-electron chi connectivity index (χ2n) is 15.5. The predicted molar refractivity (Wildman–Crippen MR) is 234 cm³/mol. The highest BCUT2D eigenvalue weighted by Gasteiger charge is 2.28. The van der Waals surface area contributed by atoms with Crippen LogP contribution in [0.5, 0.6) is 0 Å². The second-order valence-corrected chi connectivity index (χ2v) is 17.2. The van der Waals surface area contributed by atoms with Gasteiger partial charge in [0, 0.05) is 37.8 Å². The van der Waals surface area contributed by atoms with Crippen molar-refractivity contribution >= 4 is 46.4 Å². The summed E-state index contributed by atoms with van der Waals surface area (Å²) in [4.78, 5) is 0. The summed E-state index contributed by atoms with van der Waals surface area (Å²) in [6.45, 7) is 11.2. The SMILES string of the molecule is CCc1ccccc1C(c1ccc(F)c(CC(C)C(c2cccc(Cl)c2)c2cc(Cl)cc(CC(C)C(c3ccc(Cl)cc3)c3ccc(Cl)cc3)c2)c1)C(C)C. The molecule has 0 fully saturated rings. The third-order valence-corrected chi connectivity index (χ3v) is 12.1. The van der Waals surface area contributed by atoms with E-state index in [1.807, 2.05) is 48.5 Å². The Morgan fingerprint density at radius 3 is 1.64 bits per heavy atom. The summed E-state index contributed by atoms with van der Waals surface area (Å²) in [5, 5.41) is 2.76. The first-order valence-electron chi connectivity index (χ1n) is 19.3. The molecule has 6 rings (SSSR count). The van der Waals surface area contributed by atoms with Gasteiger partial charge < -0.3 is 0 Å². The van der Waals surface area contributed by atoms with E-state index in [2.05, 4.69) is 113 Å². The summed E-state index contributed by atoms with van der Waals surface area (Å²) in [6, 6.07) is 45.1. The minimum absolute atomic E-state index is 0.0169. The van der Waals surface area contributed by atoms with Gasteiger partial charge in [0.15, 0.2) is 0 Å². The lowest BCUT2D eigenvalue weighted by Gasteiger charge is -2.29. The Balaban J connectivity index is 1.36. The molecule has 284 valence electrons. The first-order valence-corrected chi connectivity index (χ1v) is 20.8. The van der Waals surface area contributed by atoms with Crippen LogP contribution < -0.4 is 0 Å². The fraction of sp³-hybridized carbons (Fsp3) is 0.280. The third kappa shape index (κ3) is 10.1. The normalized spacial score (nSPS) is 13.9. The van der Waals surface area contributed by atoms with E-state index < -0.39 is 0 Å². The molecule has 0 aromatic heterocycles. The molecule has 0 saturated heterocycles. The van der Waals surface area contributed by atoms with Crippen LogP contribution >= 0.6 is 46.4 Å². The maximum absolute atomic E-state index is 15.9. The van der Waals surface area contributed by atoms with Gasteiger partial charge >= 0.3 is 0 Å². The lowest BCUT2D eigenvalue weighted by molar-refractivity contribution is 0.488. The minimum atomic E-state index is -0.178. The van der Waals surface area contributed by atoms with Crippen molar-refractivity contribution in [2.24, 2.45) is 17.8 Å². The first kappa shape index (κ1) is 41.1. The summed E-state index contributed by atoms with van der Waals surface area (Å²) in [5.74, 6) is 0.573. The summed E-state index contributed by atoms with van der Waals surface area (Å²) < 4.78 is 15.9. The maximum atomic E-state index is 15.9. The van der Waals surface area contributed by atoms with Crippen LogP contribution in [-0.2, 0) is 19.3 Å². The molecule has 0 bridgehead atoms. The molecule has 0 aliphatic heterocycles. The molecule has 5 heteroatoms. The Morgan fingerprint density at radius 2 is 1.02 bits per heavy atom. The van der Waals surface area contributed by atoms with Gasteiger partial charge in [-0.15, -0.1) is 0 Å². The molecule has 0 aliphatic rings. The number of aryl methyl sites for hydroxylation is 1. The van der Waals surface area contributed by atoms with Gasteiger partial charge in [0.25, 0.3) is 0 Å². The number of halogens is 5.